The monoisotopic (exact) mass is 276 g/mol. The van der Waals surface area contributed by atoms with Crippen LogP contribution in [0.2, 0.25) is 0 Å². The van der Waals surface area contributed by atoms with Gasteiger partial charge in [0.1, 0.15) is 0 Å². The largest absolute Gasteiger partial charge is 0.390 e. The summed E-state index contributed by atoms with van der Waals surface area (Å²) in [6.07, 6.45) is 7.46. The first-order valence-corrected chi connectivity index (χ1v) is 7.90. The Labute approximate surface area is 122 Å². The van der Waals surface area contributed by atoms with Crippen LogP contribution >= 0.6 is 0 Å². The number of rotatable bonds is 6. The molecule has 1 aromatic rings. The highest BCUT2D eigenvalue weighted by Crippen LogP contribution is 2.27. The third kappa shape index (κ3) is 4.58. The van der Waals surface area contributed by atoms with E-state index in [2.05, 4.69) is 0 Å². The van der Waals surface area contributed by atoms with Gasteiger partial charge in [0.2, 0.25) is 0 Å². The quantitative estimate of drug-likeness (QED) is 0.746. The van der Waals surface area contributed by atoms with Crippen molar-refractivity contribution in [1.29, 1.82) is 0 Å². The molecule has 3 nitrogen and oxygen atoms in total. The zero-order chi connectivity index (χ0) is 14.4. The number of nitrogens with two attached hydrogens (primary N) is 2. The van der Waals surface area contributed by atoms with Gasteiger partial charge in [-0.3, -0.25) is 0 Å². The molecule has 5 N–H and O–H groups in total. The van der Waals surface area contributed by atoms with E-state index in [0.717, 1.165) is 12.0 Å². The Balaban J connectivity index is 1.80. The highest BCUT2D eigenvalue weighted by Gasteiger charge is 2.25. The molecule has 0 heterocycles. The maximum atomic E-state index is 10.3. The molecule has 3 heteroatoms. The molecule has 0 radical (unpaired) electrons. The van der Waals surface area contributed by atoms with E-state index in [1.54, 1.807) is 0 Å². The van der Waals surface area contributed by atoms with Crippen molar-refractivity contribution in [2.45, 2.75) is 63.1 Å². The molecule has 0 amide bonds. The minimum atomic E-state index is -0.614. The smallest absolute Gasteiger partial charge is 0.0844 e. The average molecular weight is 276 g/mol. The van der Waals surface area contributed by atoms with Gasteiger partial charge in [0.15, 0.2) is 0 Å². The Bertz CT molecular complexity index is 376. The van der Waals surface area contributed by atoms with Gasteiger partial charge in [-0.25, -0.2) is 0 Å². The predicted molar refractivity (Wildman–Crippen MR) is 83.3 cm³/mol. The average Bonchev–Trinajstić information content (AvgIpc) is 2.48. The summed E-state index contributed by atoms with van der Waals surface area (Å²) in [5, 5.41) is 10.3. The molecule has 1 saturated carbocycles. The molecule has 112 valence electrons. The van der Waals surface area contributed by atoms with Gasteiger partial charge in [0, 0.05) is 12.1 Å². The Hall–Kier alpha value is -0.900. The SMILES string of the molecule is N[C@@H](Cc1ccccc1)[C@H](O)[C@@H](N)CC1CCCCC1. The molecule has 1 aliphatic rings. The molecule has 0 saturated heterocycles. The molecule has 1 fully saturated rings. The predicted octanol–water partition coefficient (Wildman–Crippen LogP) is 2.21. The van der Waals surface area contributed by atoms with Gasteiger partial charge in [-0.2, -0.15) is 0 Å². The molecular weight excluding hydrogens is 248 g/mol. The van der Waals surface area contributed by atoms with Gasteiger partial charge in [0.25, 0.3) is 0 Å². The van der Waals surface area contributed by atoms with Crippen LogP contribution in [0.15, 0.2) is 30.3 Å². The van der Waals surface area contributed by atoms with Crippen molar-refractivity contribution < 1.29 is 5.11 Å². The molecule has 1 aromatic carbocycles. The Morgan fingerprint density at radius 1 is 1.00 bits per heavy atom. The summed E-state index contributed by atoms with van der Waals surface area (Å²) in [6.45, 7) is 0. The molecule has 1 aliphatic carbocycles. The maximum absolute atomic E-state index is 10.3. The van der Waals surface area contributed by atoms with Crippen LogP contribution in [0, 0.1) is 5.92 Å². The van der Waals surface area contributed by atoms with Crippen molar-refractivity contribution in [2.75, 3.05) is 0 Å². The normalized spacial score (nSPS) is 21.4. The van der Waals surface area contributed by atoms with Crippen molar-refractivity contribution in [1.82, 2.24) is 0 Å². The summed E-state index contributed by atoms with van der Waals surface area (Å²) in [5.74, 6) is 0.678. The molecule has 3 atom stereocenters. The Kier molecular flexibility index (Phi) is 6.02. The molecule has 20 heavy (non-hydrogen) atoms. The van der Waals surface area contributed by atoms with Crippen LogP contribution in [-0.2, 0) is 6.42 Å². The molecule has 0 spiro atoms. The van der Waals surface area contributed by atoms with Crippen LogP contribution < -0.4 is 11.5 Å². The van der Waals surface area contributed by atoms with Gasteiger partial charge in [-0.05, 0) is 24.3 Å². The summed E-state index contributed by atoms with van der Waals surface area (Å²) in [5.41, 5.74) is 13.5. The van der Waals surface area contributed by atoms with E-state index < -0.39 is 6.10 Å². The first kappa shape index (κ1) is 15.5. The van der Waals surface area contributed by atoms with Crippen LogP contribution in [0.4, 0.5) is 0 Å². The van der Waals surface area contributed by atoms with Crippen molar-refractivity contribution in [3.63, 3.8) is 0 Å². The minimum absolute atomic E-state index is 0.197. The maximum Gasteiger partial charge on any atom is 0.0844 e. The van der Waals surface area contributed by atoms with Gasteiger partial charge < -0.3 is 16.6 Å². The molecule has 0 aliphatic heterocycles. The lowest BCUT2D eigenvalue weighted by molar-refractivity contribution is 0.101. The number of aliphatic hydroxyl groups is 1. The number of hydrogen-bond acceptors (Lipinski definition) is 3. The van der Waals surface area contributed by atoms with Crippen LogP contribution in [0.5, 0.6) is 0 Å². The first-order valence-electron chi connectivity index (χ1n) is 7.90. The standard InChI is InChI=1S/C17H28N2O/c18-15(11-13-7-3-1-4-8-13)17(20)16(19)12-14-9-5-2-6-10-14/h1,3-4,7-8,14-17,20H,2,5-6,9-12,18-19H2/t15-,16-,17-/m0/s1. The lowest BCUT2D eigenvalue weighted by atomic mass is 9.82. The van der Waals surface area contributed by atoms with E-state index in [4.69, 9.17) is 11.5 Å². The Morgan fingerprint density at radius 2 is 1.65 bits per heavy atom. The van der Waals surface area contributed by atoms with Crippen LogP contribution in [-0.4, -0.2) is 23.3 Å². The third-order valence-electron chi connectivity index (χ3n) is 4.52. The van der Waals surface area contributed by atoms with E-state index in [0.29, 0.717) is 12.3 Å². The molecule has 0 aromatic heterocycles. The van der Waals surface area contributed by atoms with Crippen LogP contribution in [0.25, 0.3) is 0 Å². The minimum Gasteiger partial charge on any atom is -0.390 e. The fourth-order valence-corrected chi connectivity index (χ4v) is 3.27. The number of aliphatic hydroxyl groups excluding tert-OH is 1. The van der Waals surface area contributed by atoms with Gasteiger partial charge >= 0.3 is 0 Å². The second-order valence-corrected chi connectivity index (χ2v) is 6.25. The zero-order valence-corrected chi connectivity index (χ0v) is 12.2. The summed E-state index contributed by atoms with van der Waals surface area (Å²) in [7, 11) is 0. The van der Waals surface area contributed by atoms with Gasteiger partial charge in [-0.1, -0.05) is 62.4 Å². The van der Waals surface area contributed by atoms with E-state index in [9.17, 15) is 5.11 Å². The number of hydrogen-bond donors (Lipinski definition) is 3. The molecule has 0 bridgehead atoms. The molecule has 0 unspecified atom stereocenters. The fourth-order valence-electron chi connectivity index (χ4n) is 3.27. The summed E-state index contributed by atoms with van der Waals surface area (Å²) in [4.78, 5) is 0. The lowest BCUT2D eigenvalue weighted by Crippen LogP contribution is -2.49. The van der Waals surface area contributed by atoms with Crippen LogP contribution in [0.1, 0.15) is 44.1 Å². The van der Waals surface area contributed by atoms with E-state index in [1.165, 1.54) is 32.1 Å². The van der Waals surface area contributed by atoms with Crippen molar-refractivity contribution in [2.24, 2.45) is 17.4 Å². The van der Waals surface area contributed by atoms with Gasteiger partial charge in [-0.15, -0.1) is 0 Å². The highest BCUT2D eigenvalue weighted by molar-refractivity contribution is 5.16. The van der Waals surface area contributed by atoms with Crippen molar-refractivity contribution >= 4 is 0 Å². The lowest BCUT2D eigenvalue weighted by Gasteiger charge is -2.29. The second kappa shape index (κ2) is 7.77. The summed E-state index contributed by atoms with van der Waals surface area (Å²) in [6, 6.07) is 9.58. The third-order valence-corrected chi connectivity index (χ3v) is 4.52. The van der Waals surface area contributed by atoms with Crippen molar-refractivity contribution in [3.05, 3.63) is 35.9 Å². The summed E-state index contributed by atoms with van der Waals surface area (Å²) >= 11 is 0. The second-order valence-electron chi connectivity index (χ2n) is 6.25. The molecular formula is C17H28N2O. The molecule has 2 rings (SSSR count). The van der Waals surface area contributed by atoms with Gasteiger partial charge in [0.05, 0.1) is 6.10 Å². The Morgan fingerprint density at radius 3 is 2.30 bits per heavy atom. The topological polar surface area (TPSA) is 72.3 Å². The highest BCUT2D eigenvalue weighted by atomic mass is 16.3. The number of benzene rings is 1. The zero-order valence-electron chi connectivity index (χ0n) is 12.2. The van der Waals surface area contributed by atoms with Crippen molar-refractivity contribution in [3.8, 4) is 0 Å². The van der Waals surface area contributed by atoms with E-state index >= 15 is 0 Å². The van der Waals surface area contributed by atoms with E-state index in [1.807, 2.05) is 30.3 Å². The first-order chi connectivity index (χ1) is 9.66. The van der Waals surface area contributed by atoms with E-state index in [-0.39, 0.29) is 12.1 Å². The van der Waals surface area contributed by atoms with Crippen LogP contribution in [0.3, 0.4) is 0 Å². The fraction of sp³-hybridized carbons (Fsp3) is 0.647. The summed E-state index contributed by atoms with van der Waals surface area (Å²) < 4.78 is 0.